The zero-order valence-corrected chi connectivity index (χ0v) is 10.9. The molecule has 0 atom stereocenters. The largest absolute Gasteiger partial charge is 0.480 e. The second-order valence-electron chi connectivity index (χ2n) is 4.07. The summed E-state index contributed by atoms with van der Waals surface area (Å²) in [4.78, 5) is 35.0. The number of hydrogen-bond donors (Lipinski definition) is 1. The SMILES string of the molecule is Cc1ccc(C=C2SC(=O)N(CC(=O)O)C2=O)cc1. The lowest BCUT2D eigenvalue weighted by molar-refractivity contribution is -0.140. The zero-order valence-electron chi connectivity index (χ0n) is 10.1. The van der Waals surface area contributed by atoms with E-state index in [1.54, 1.807) is 6.08 Å². The Morgan fingerprint density at radius 1 is 1.32 bits per heavy atom. The molecule has 1 aromatic carbocycles. The average Bonchev–Trinajstić information content (AvgIpc) is 2.60. The molecule has 1 aromatic rings. The maximum absolute atomic E-state index is 11.9. The van der Waals surface area contributed by atoms with Crippen LogP contribution < -0.4 is 0 Å². The highest BCUT2D eigenvalue weighted by Gasteiger charge is 2.36. The smallest absolute Gasteiger partial charge is 0.323 e. The van der Waals surface area contributed by atoms with Crippen LogP contribution in [-0.4, -0.2) is 33.7 Å². The van der Waals surface area contributed by atoms with Gasteiger partial charge in [0.2, 0.25) is 0 Å². The first-order valence-corrected chi connectivity index (χ1v) is 6.33. The number of imide groups is 1. The second kappa shape index (κ2) is 5.27. The van der Waals surface area contributed by atoms with Crippen LogP contribution >= 0.6 is 11.8 Å². The molecule has 1 N–H and O–H groups in total. The highest BCUT2D eigenvalue weighted by atomic mass is 32.2. The van der Waals surface area contributed by atoms with Gasteiger partial charge in [-0.2, -0.15) is 0 Å². The molecule has 19 heavy (non-hydrogen) atoms. The van der Waals surface area contributed by atoms with E-state index in [0.717, 1.165) is 27.8 Å². The van der Waals surface area contributed by atoms with Gasteiger partial charge in [-0.1, -0.05) is 29.8 Å². The summed E-state index contributed by atoms with van der Waals surface area (Å²) in [6, 6.07) is 7.46. The van der Waals surface area contributed by atoms with Gasteiger partial charge in [-0.05, 0) is 30.3 Å². The molecular formula is C13H11NO4S. The van der Waals surface area contributed by atoms with Crippen molar-refractivity contribution in [2.24, 2.45) is 0 Å². The molecule has 1 saturated heterocycles. The number of aliphatic carboxylic acids is 1. The summed E-state index contributed by atoms with van der Waals surface area (Å²) in [5.41, 5.74) is 1.89. The van der Waals surface area contributed by atoms with E-state index >= 15 is 0 Å². The summed E-state index contributed by atoms with van der Waals surface area (Å²) in [5.74, 6) is -1.77. The van der Waals surface area contributed by atoms with Crippen molar-refractivity contribution in [3.8, 4) is 0 Å². The van der Waals surface area contributed by atoms with Gasteiger partial charge >= 0.3 is 5.97 Å². The maximum Gasteiger partial charge on any atom is 0.323 e. The van der Waals surface area contributed by atoms with Crippen molar-refractivity contribution in [1.29, 1.82) is 0 Å². The Hall–Kier alpha value is -2.08. The molecule has 1 aliphatic rings. The number of thioether (sulfide) groups is 1. The molecule has 0 aliphatic carbocycles. The predicted octanol–water partition coefficient (Wildman–Crippen LogP) is 2.12. The first kappa shape index (κ1) is 13.4. The van der Waals surface area contributed by atoms with Crippen LogP contribution in [0.1, 0.15) is 11.1 Å². The summed E-state index contributed by atoms with van der Waals surface area (Å²) in [6.45, 7) is 1.35. The summed E-state index contributed by atoms with van der Waals surface area (Å²) in [6.07, 6.45) is 1.59. The van der Waals surface area contributed by atoms with Crippen LogP contribution in [-0.2, 0) is 9.59 Å². The Morgan fingerprint density at radius 3 is 2.53 bits per heavy atom. The number of hydrogen-bond acceptors (Lipinski definition) is 4. The van der Waals surface area contributed by atoms with Gasteiger partial charge in [0.25, 0.3) is 11.1 Å². The number of amides is 2. The van der Waals surface area contributed by atoms with Crippen LogP contribution in [0, 0.1) is 6.92 Å². The summed E-state index contributed by atoms with van der Waals surface area (Å²) in [5, 5.41) is 8.09. The Balaban J connectivity index is 2.23. The third-order valence-electron chi connectivity index (χ3n) is 2.54. The first-order chi connectivity index (χ1) is 8.97. The van der Waals surface area contributed by atoms with E-state index in [9.17, 15) is 14.4 Å². The maximum atomic E-state index is 11.9. The van der Waals surface area contributed by atoms with Crippen LogP contribution in [0.15, 0.2) is 29.2 Å². The standard InChI is InChI=1S/C13H11NO4S/c1-8-2-4-9(5-3-8)6-10-12(17)14(7-11(15)16)13(18)19-10/h2-6H,7H2,1H3,(H,15,16). The first-order valence-electron chi connectivity index (χ1n) is 5.51. The average molecular weight is 277 g/mol. The second-order valence-corrected chi connectivity index (χ2v) is 5.07. The molecular weight excluding hydrogens is 266 g/mol. The molecule has 2 amide bonds. The summed E-state index contributed by atoms with van der Waals surface area (Å²) < 4.78 is 0. The van der Waals surface area contributed by atoms with Crippen molar-refractivity contribution in [1.82, 2.24) is 4.90 Å². The predicted molar refractivity (Wildman–Crippen MR) is 71.5 cm³/mol. The quantitative estimate of drug-likeness (QED) is 0.856. The van der Waals surface area contributed by atoms with Crippen molar-refractivity contribution in [2.75, 3.05) is 6.54 Å². The van der Waals surface area contributed by atoms with E-state index in [1.807, 2.05) is 31.2 Å². The fourth-order valence-corrected chi connectivity index (χ4v) is 2.42. The number of carbonyl (C=O) groups excluding carboxylic acids is 2. The highest BCUT2D eigenvalue weighted by molar-refractivity contribution is 8.18. The van der Waals surface area contributed by atoms with Crippen molar-refractivity contribution < 1.29 is 19.5 Å². The Morgan fingerprint density at radius 2 is 1.95 bits per heavy atom. The topological polar surface area (TPSA) is 74.7 Å². The van der Waals surface area contributed by atoms with E-state index in [2.05, 4.69) is 0 Å². The minimum atomic E-state index is -1.21. The van der Waals surface area contributed by atoms with E-state index in [4.69, 9.17) is 5.11 Å². The molecule has 6 heteroatoms. The third-order valence-corrected chi connectivity index (χ3v) is 3.45. The fourth-order valence-electron chi connectivity index (χ4n) is 1.59. The third kappa shape index (κ3) is 3.03. The van der Waals surface area contributed by atoms with Crippen LogP contribution in [0.5, 0.6) is 0 Å². The number of carboxylic acids is 1. The van der Waals surface area contributed by atoms with Gasteiger partial charge in [-0.3, -0.25) is 19.3 Å². The van der Waals surface area contributed by atoms with Gasteiger partial charge in [-0.15, -0.1) is 0 Å². The molecule has 0 unspecified atom stereocenters. The molecule has 0 saturated carbocycles. The van der Waals surface area contributed by atoms with E-state index in [-0.39, 0.29) is 4.91 Å². The molecule has 0 radical (unpaired) electrons. The minimum Gasteiger partial charge on any atom is -0.480 e. The molecule has 0 aromatic heterocycles. The molecule has 5 nitrogen and oxygen atoms in total. The van der Waals surface area contributed by atoms with Gasteiger partial charge in [0.1, 0.15) is 6.54 Å². The Kier molecular flexibility index (Phi) is 3.71. The minimum absolute atomic E-state index is 0.245. The number of carbonyl (C=O) groups is 3. The number of rotatable bonds is 3. The normalized spacial score (nSPS) is 17.3. The van der Waals surface area contributed by atoms with Crippen LogP contribution in [0.2, 0.25) is 0 Å². The molecule has 1 heterocycles. The summed E-state index contributed by atoms with van der Waals surface area (Å²) >= 11 is 0.758. The van der Waals surface area contributed by atoms with E-state index in [1.165, 1.54) is 0 Å². The number of aryl methyl sites for hydroxylation is 1. The highest BCUT2D eigenvalue weighted by Crippen LogP contribution is 2.31. The van der Waals surface area contributed by atoms with Gasteiger partial charge in [0, 0.05) is 0 Å². The van der Waals surface area contributed by atoms with Crippen LogP contribution in [0.4, 0.5) is 4.79 Å². The fraction of sp³-hybridized carbons (Fsp3) is 0.154. The lowest BCUT2D eigenvalue weighted by atomic mass is 10.1. The number of carboxylic acid groups (broad SMARTS) is 1. The van der Waals surface area contributed by atoms with Gasteiger partial charge in [0.05, 0.1) is 4.91 Å². The molecule has 2 rings (SSSR count). The van der Waals surface area contributed by atoms with Gasteiger partial charge in [0.15, 0.2) is 0 Å². The molecule has 1 fully saturated rings. The van der Waals surface area contributed by atoms with Crippen molar-refractivity contribution in [3.05, 3.63) is 40.3 Å². The lowest BCUT2D eigenvalue weighted by Crippen LogP contribution is -2.33. The Bertz CT molecular complexity index is 577. The monoisotopic (exact) mass is 277 g/mol. The zero-order chi connectivity index (χ0) is 14.0. The number of benzene rings is 1. The van der Waals surface area contributed by atoms with Crippen molar-refractivity contribution in [3.63, 3.8) is 0 Å². The number of nitrogens with zero attached hydrogens (tertiary/aromatic N) is 1. The lowest BCUT2D eigenvalue weighted by Gasteiger charge is -2.07. The molecule has 0 bridgehead atoms. The summed E-state index contributed by atoms with van der Waals surface area (Å²) in [7, 11) is 0. The molecule has 1 aliphatic heterocycles. The van der Waals surface area contributed by atoms with Crippen molar-refractivity contribution >= 4 is 35.0 Å². The van der Waals surface area contributed by atoms with Crippen LogP contribution in [0.3, 0.4) is 0 Å². The van der Waals surface area contributed by atoms with E-state index in [0.29, 0.717) is 0 Å². The van der Waals surface area contributed by atoms with Gasteiger partial charge < -0.3 is 5.11 Å². The van der Waals surface area contributed by atoms with Gasteiger partial charge in [-0.25, -0.2) is 0 Å². The van der Waals surface area contributed by atoms with E-state index < -0.39 is 23.7 Å². The molecule has 0 spiro atoms. The van der Waals surface area contributed by atoms with Crippen molar-refractivity contribution in [2.45, 2.75) is 6.92 Å². The molecule has 98 valence electrons. The Labute approximate surface area is 113 Å². The van der Waals surface area contributed by atoms with Crippen LogP contribution in [0.25, 0.3) is 6.08 Å².